The van der Waals surface area contributed by atoms with E-state index >= 15 is 4.39 Å². The van der Waals surface area contributed by atoms with Crippen LogP contribution in [0.4, 0.5) is 18.7 Å². The van der Waals surface area contributed by atoms with Crippen molar-refractivity contribution in [2.24, 2.45) is 5.92 Å². The number of hydrogen-bond acceptors (Lipinski definition) is 6. The van der Waals surface area contributed by atoms with Gasteiger partial charge in [0.2, 0.25) is 0 Å². The van der Waals surface area contributed by atoms with Crippen LogP contribution in [0.15, 0.2) is 48.7 Å². The Labute approximate surface area is 251 Å². The molecule has 0 radical (unpaired) electrons. The summed E-state index contributed by atoms with van der Waals surface area (Å²) in [4.78, 5) is 46.4. The van der Waals surface area contributed by atoms with Crippen LogP contribution in [0.5, 0.6) is 0 Å². The predicted molar refractivity (Wildman–Crippen MR) is 148 cm³/mol. The van der Waals surface area contributed by atoms with Crippen LogP contribution in [-0.2, 0) is 4.79 Å². The smallest absolute Gasteiger partial charge is 1.00 e. The Morgan fingerprint density at radius 3 is 2.61 bits per heavy atom. The van der Waals surface area contributed by atoms with Gasteiger partial charge in [0.05, 0.1) is 10.6 Å². The molecule has 1 aliphatic heterocycles. The van der Waals surface area contributed by atoms with Crippen molar-refractivity contribution in [3.8, 4) is 22.4 Å². The number of anilines is 1. The fourth-order valence-corrected chi connectivity index (χ4v) is 5.69. The van der Waals surface area contributed by atoms with Crippen LogP contribution in [0.1, 0.15) is 31.6 Å². The summed E-state index contributed by atoms with van der Waals surface area (Å²) in [6.07, 6.45) is 2.55. The zero-order valence-corrected chi connectivity index (χ0v) is 23.2. The number of likely N-dealkylation sites (tertiary alicyclic amines) is 1. The summed E-state index contributed by atoms with van der Waals surface area (Å²) in [5.74, 6) is -3.10. The Morgan fingerprint density at radius 2 is 1.93 bits per heavy atom. The van der Waals surface area contributed by atoms with Gasteiger partial charge in [-0.1, -0.05) is 23.5 Å². The van der Waals surface area contributed by atoms with Crippen molar-refractivity contribution < 1.29 is 48.6 Å². The summed E-state index contributed by atoms with van der Waals surface area (Å²) in [5.41, 5.74) is 1.13. The fraction of sp³-hybridized carbons (Fsp3) is 0.250. The Balaban J connectivity index is 0.00000242. The molecule has 2 aromatic carbocycles. The molecule has 5 rings (SSSR count). The van der Waals surface area contributed by atoms with E-state index in [1.807, 2.05) is 0 Å². The average Bonchev–Trinajstić information content (AvgIpc) is 3.38. The van der Waals surface area contributed by atoms with E-state index in [2.05, 4.69) is 20.6 Å². The minimum atomic E-state index is -0.926. The van der Waals surface area contributed by atoms with Gasteiger partial charge in [-0.15, -0.1) is 0 Å². The maximum absolute atomic E-state index is 15.9. The van der Waals surface area contributed by atoms with Crippen molar-refractivity contribution in [1.29, 1.82) is 0 Å². The first-order chi connectivity index (χ1) is 19.3. The summed E-state index contributed by atoms with van der Waals surface area (Å²) < 4.78 is 31.0. The zero-order valence-electron chi connectivity index (χ0n) is 23.4. The molecule has 1 saturated heterocycles. The number of nitrogens with zero attached hydrogens (tertiary/aromatic N) is 3. The van der Waals surface area contributed by atoms with Crippen LogP contribution >= 0.6 is 11.3 Å². The normalized spacial score (nSPS) is 14.8. The molecular weight excluding hydrogens is 547 g/mol. The number of hydrogen-bond donors (Lipinski definition) is 3. The molecule has 0 aliphatic carbocycles. The van der Waals surface area contributed by atoms with Crippen LogP contribution in [0, 0.1) is 17.6 Å². The minimum absolute atomic E-state index is 0. The standard InChI is InChI=1S/C28H25F2N5O4S.Li.H/c1-2-31-27(39)34-28-33-23-21(30)18(13-19(24(23)40-28)22-20(29)6-3-11-32-22)15-7-9-16(10-8-15)25(36)35-12-4-5-17(14-35)26(37)38;;/h3,6-11,13,17H,2,4-5,12,14H2,1H3,(H,37,38)(H2,31,33,34,39);;/q;+1;-1. The quantitative estimate of drug-likeness (QED) is 0.305. The second kappa shape index (κ2) is 12.8. The number of amides is 3. The number of rotatable bonds is 6. The van der Waals surface area contributed by atoms with Crippen molar-refractivity contribution in [1.82, 2.24) is 20.2 Å². The maximum Gasteiger partial charge on any atom is 1.00 e. The third kappa shape index (κ3) is 6.25. The number of carbonyl (C=O) groups is 3. The number of nitrogens with one attached hydrogen (secondary N) is 2. The van der Waals surface area contributed by atoms with E-state index in [9.17, 15) is 23.9 Å². The molecule has 0 saturated carbocycles. The van der Waals surface area contributed by atoms with Crippen LogP contribution in [0.2, 0.25) is 0 Å². The van der Waals surface area contributed by atoms with Gasteiger partial charge in [0, 0.05) is 42.5 Å². The van der Waals surface area contributed by atoms with Gasteiger partial charge in [-0.05, 0) is 55.7 Å². The average molecular weight is 574 g/mol. The molecule has 0 bridgehead atoms. The molecule has 1 atom stereocenters. The number of carboxylic acid groups (broad SMARTS) is 1. The number of aromatic nitrogens is 2. The maximum atomic E-state index is 15.9. The van der Waals surface area contributed by atoms with Gasteiger partial charge in [0.15, 0.2) is 10.9 Å². The number of carbonyl (C=O) groups excluding carboxylic acids is 2. The molecule has 3 heterocycles. The third-order valence-electron chi connectivity index (χ3n) is 6.68. The molecule has 9 nitrogen and oxygen atoms in total. The Hall–Kier alpha value is -3.85. The van der Waals surface area contributed by atoms with E-state index in [-0.39, 0.29) is 54.6 Å². The van der Waals surface area contributed by atoms with E-state index in [1.165, 1.54) is 29.3 Å². The van der Waals surface area contributed by atoms with Crippen molar-refractivity contribution in [3.05, 3.63) is 65.9 Å². The van der Waals surface area contributed by atoms with Gasteiger partial charge >= 0.3 is 30.9 Å². The number of pyridine rings is 1. The van der Waals surface area contributed by atoms with Gasteiger partial charge in [0.1, 0.15) is 17.0 Å². The van der Waals surface area contributed by atoms with Crippen molar-refractivity contribution in [2.75, 3.05) is 25.0 Å². The van der Waals surface area contributed by atoms with Gasteiger partial charge in [-0.25, -0.2) is 18.6 Å². The van der Waals surface area contributed by atoms with Gasteiger partial charge in [-0.2, -0.15) is 0 Å². The molecule has 3 amide bonds. The molecule has 0 spiro atoms. The Kier molecular flexibility index (Phi) is 9.38. The fourth-order valence-electron chi connectivity index (χ4n) is 4.72. The topological polar surface area (TPSA) is 125 Å². The molecule has 208 valence electrons. The first-order valence-corrected chi connectivity index (χ1v) is 13.5. The minimum Gasteiger partial charge on any atom is -1.00 e. The Bertz CT molecular complexity index is 1620. The van der Waals surface area contributed by atoms with E-state index in [0.29, 0.717) is 47.3 Å². The van der Waals surface area contributed by atoms with Crippen molar-refractivity contribution >= 4 is 44.6 Å². The number of aliphatic carboxylic acids is 1. The first kappa shape index (κ1) is 30.1. The third-order valence-corrected chi connectivity index (χ3v) is 7.68. The summed E-state index contributed by atoms with van der Waals surface area (Å²) in [6.45, 7) is 2.74. The van der Waals surface area contributed by atoms with E-state index in [4.69, 9.17) is 0 Å². The molecule has 13 heteroatoms. The SMILES string of the molecule is CCNC(=O)Nc1nc2c(F)c(-c3ccc(C(=O)N4CCCC(C(=O)O)C4)cc3)cc(-c3ncccc3F)c2s1.[H-].[Li+]. The first-order valence-electron chi connectivity index (χ1n) is 12.7. The summed E-state index contributed by atoms with van der Waals surface area (Å²) in [7, 11) is 0. The van der Waals surface area contributed by atoms with Crippen LogP contribution < -0.4 is 29.5 Å². The van der Waals surface area contributed by atoms with Crippen molar-refractivity contribution in [2.45, 2.75) is 19.8 Å². The molecule has 1 aliphatic rings. The number of urea groups is 1. The van der Waals surface area contributed by atoms with Crippen LogP contribution in [0.3, 0.4) is 0 Å². The van der Waals surface area contributed by atoms with Gasteiger partial charge < -0.3 is 16.7 Å². The molecule has 2 aromatic heterocycles. The predicted octanol–water partition coefficient (Wildman–Crippen LogP) is 2.50. The Morgan fingerprint density at radius 1 is 1.17 bits per heavy atom. The molecule has 4 aromatic rings. The largest absolute Gasteiger partial charge is 1.00 e. The summed E-state index contributed by atoms with van der Waals surface area (Å²) in [5, 5.41) is 14.6. The molecule has 3 N–H and O–H groups in total. The summed E-state index contributed by atoms with van der Waals surface area (Å²) in [6, 6.07) is 9.94. The molecule has 1 unspecified atom stereocenters. The monoisotopic (exact) mass is 573 g/mol. The van der Waals surface area contributed by atoms with E-state index < -0.39 is 29.6 Å². The van der Waals surface area contributed by atoms with E-state index in [0.717, 1.165) is 11.3 Å². The number of piperidine rings is 1. The van der Waals surface area contributed by atoms with Gasteiger partial charge in [-0.3, -0.25) is 19.9 Å². The number of benzene rings is 2. The van der Waals surface area contributed by atoms with Crippen molar-refractivity contribution in [3.63, 3.8) is 0 Å². The number of fused-ring (bicyclic) bond motifs is 1. The molecule has 1 fully saturated rings. The number of thiazole rings is 1. The zero-order chi connectivity index (χ0) is 28.4. The van der Waals surface area contributed by atoms with E-state index in [1.54, 1.807) is 31.2 Å². The molecular formula is C28H26F2LiN5O4S. The molecule has 41 heavy (non-hydrogen) atoms. The summed E-state index contributed by atoms with van der Waals surface area (Å²) >= 11 is 1.00. The van der Waals surface area contributed by atoms with Crippen LogP contribution in [-0.4, -0.2) is 57.5 Å². The second-order valence-corrected chi connectivity index (χ2v) is 10.3. The van der Waals surface area contributed by atoms with Crippen LogP contribution in [0.25, 0.3) is 32.6 Å². The second-order valence-electron chi connectivity index (χ2n) is 9.31. The number of carboxylic acids is 1. The van der Waals surface area contributed by atoms with Gasteiger partial charge in [0.25, 0.3) is 5.91 Å². The number of halogens is 2.